The molecule has 4 rings (SSSR count). The maximum atomic E-state index is 6.14. The molecule has 0 saturated heterocycles. The van der Waals surface area contributed by atoms with Crippen molar-refractivity contribution in [3.63, 3.8) is 0 Å². The molecule has 35 heavy (non-hydrogen) atoms. The SMILES string of the molecule is CC(C)[C@H]1CC[C@@H](C)C[C@@H]1O[C]1[CH][CH][CH][CH]1.CC(C)[C@H]1CC[C@@H](C)C[C@@H]1O[C]1[CH][CH][CH][CH]1.[Cl][Ti][Cl]. The fourth-order valence-electron chi connectivity index (χ4n) is 5.72. The Morgan fingerprint density at radius 3 is 1.26 bits per heavy atom. The summed E-state index contributed by atoms with van der Waals surface area (Å²) in [4.78, 5) is 0. The van der Waals surface area contributed by atoms with Gasteiger partial charge in [0.25, 0.3) is 0 Å². The van der Waals surface area contributed by atoms with Crippen LogP contribution in [0.25, 0.3) is 0 Å². The van der Waals surface area contributed by atoms with Crippen LogP contribution < -0.4 is 0 Å². The molecule has 10 radical (unpaired) electrons. The number of hydrogen-bond donors (Lipinski definition) is 0. The van der Waals surface area contributed by atoms with E-state index in [9.17, 15) is 0 Å². The molecule has 4 fully saturated rings. The van der Waals surface area contributed by atoms with Crippen LogP contribution in [0, 0.1) is 99.1 Å². The summed E-state index contributed by atoms with van der Waals surface area (Å²) in [5.74, 6) is 4.54. The second-order valence-electron chi connectivity index (χ2n) is 11.3. The van der Waals surface area contributed by atoms with Gasteiger partial charge in [0, 0.05) is 25.7 Å². The van der Waals surface area contributed by atoms with Crippen LogP contribution in [0.3, 0.4) is 0 Å². The normalized spacial score (nSPS) is 34.3. The van der Waals surface area contributed by atoms with Crippen molar-refractivity contribution in [1.29, 1.82) is 0 Å². The first kappa shape index (κ1) is 32.4. The van der Waals surface area contributed by atoms with E-state index in [1.807, 2.05) is 25.7 Å². The van der Waals surface area contributed by atoms with E-state index in [4.69, 9.17) is 28.1 Å². The van der Waals surface area contributed by atoms with E-state index >= 15 is 0 Å². The number of ether oxygens (including phenoxy) is 2. The van der Waals surface area contributed by atoms with E-state index in [2.05, 4.69) is 67.2 Å². The van der Waals surface area contributed by atoms with Gasteiger partial charge in [0.1, 0.15) is 12.2 Å². The molecule has 0 aromatic heterocycles. The zero-order valence-electron chi connectivity index (χ0n) is 22.6. The van der Waals surface area contributed by atoms with Crippen molar-refractivity contribution in [3.8, 4) is 0 Å². The van der Waals surface area contributed by atoms with Crippen molar-refractivity contribution in [3.05, 3.63) is 63.6 Å². The standard InChI is InChI=1S/2C15H23O.2ClH.Ti/c2*1-11(2)14-9-8-12(3)10-15(14)16-13-6-4-5-7-13;;;/h2*4-7,11-12,14-15H,8-10H2,1-3H3;2*1H;/q;;;;+2/p-2/t2*12-,14-,15+;;;/m11.../s1. The van der Waals surface area contributed by atoms with Crippen LogP contribution in [-0.4, -0.2) is 12.2 Å². The van der Waals surface area contributed by atoms with E-state index < -0.39 is 17.0 Å². The predicted octanol–water partition coefficient (Wildman–Crippen LogP) is 9.03. The molecule has 0 amide bonds. The molecule has 4 saturated carbocycles. The van der Waals surface area contributed by atoms with E-state index in [1.165, 1.54) is 38.5 Å². The van der Waals surface area contributed by atoms with Gasteiger partial charge in [-0.2, -0.15) is 0 Å². The van der Waals surface area contributed by atoms with Crippen LogP contribution >= 0.6 is 18.6 Å². The van der Waals surface area contributed by atoms with Gasteiger partial charge in [-0.1, -0.05) is 54.4 Å². The second-order valence-corrected chi connectivity index (χ2v) is 13.9. The van der Waals surface area contributed by atoms with Gasteiger partial charge in [-0.3, -0.25) is 0 Å². The Hall–Kier alpha value is 1.21. The molecule has 0 heterocycles. The molecule has 6 atom stereocenters. The molecule has 196 valence electrons. The van der Waals surface area contributed by atoms with Gasteiger partial charge < -0.3 is 9.47 Å². The molecule has 4 aliphatic rings. The first-order valence-corrected chi connectivity index (χ1v) is 17.8. The van der Waals surface area contributed by atoms with Crippen molar-refractivity contribution >= 4 is 18.6 Å². The van der Waals surface area contributed by atoms with Gasteiger partial charge in [0.2, 0.25) is 0 Å². The minimum absolute atomic E-state index is 0.422. The van der Waals surface area contributed by atoms with Crippen molar-refractivity contribution in [1.82, 2.24) is 0 Å². The molecule has 0 spiro atoms. The Bertz CT molecular complexity index is 488. The van der Waals surface area contributed by atoms with Crippen molar-refractivity contribution < 1.29 is 26.5 Å². The van der Waals surface area contributed by atoms with Gasteiger partial charge >= 0.3 is 35.6 Å². The van der Waals surface area contributed by atoms with E-state index in [0.717, 1.165) is 47.7 Å². The fourth-order valence-corrected chi connectivity index (χ4v) is 5.72. The van der Waals surface area contributed by atoms with Crippen molar-refractivity contribution in [2.75, 3.05) is 0 Å². The third kappa shape index (κ3) is 11.9. The van der Waals surface area contributed by atoms with Crippen molar-refractivity contribution in [2.45, 2.75) is 92.3 Å². The Kier molecular flexibility index (Phi) is 16.4. The molecule has 5 heteroatoms. The molecule has 0 aliphatic heterocycles. The van der Waals surface area contributed by atoms with Crippen LogP contribution in [0.1, 0.15) is 80.1 Å². The summed E-state index contributed by atoms with van der Waals surface area (Å²) >= 11 is -0.556. The minimum atomic E-state index is -0.556. The summed E-state index contributed by atoms with van der Waals surface area (Å²) in [7, 11) is 9.78. The van der Waals surface area contributed by atoms with E-state index in [0.29, 0.717) is 12.2 Å². The average molecular weight is 557 g/mol. The van der Waals surface area contributed by atoms with Crippen LogP contribution in [0.5, 0.6) is 0 Å². The molecular formula is C30H46Cl2O2Ti. The molecular weight excluding hydrogens is 511 g/mol. The van der Waals surface area contributed by atoms with Gasteiger partial charge in [0.15, 0.2) is 0 Å². The molecule has 0 bridgehead atoms. The second kappa shape index (κ2) is 17.7. The fraction of sp³-hybridized carbons (Fsp3) is 0.667. The third-order valence-corrected chi connectivity index (χ3v) is 7.76. The summed E-state index contributed by atoms with van der Waals surface area (Å²) in [6.45, 7) is 14.0. The van der Waals surface area contributed by atoms with Crippen LogP contribution in [0.4, 0.5) is 0 Å². The summed E-state index contributed by atoms with van der Waals surface area (Å²) in [5, 5.41) is 0. The predicted molar refractivity (Wildman–Crippen MR) is 145 cm³/mol. The Morgan fingerprint density at radius 1 is 0.657 bits per heavy atom. The summed E-state index contributed by atoms with van der Waals surface area (Å²) < 4.78 is 12.3. The number of rotatable bonds is 6. The summed E-state index contributed by atoms with van der Waals surface area (Å²) in [6.07, 6.45) is 27.2. The van der Waals surface area contributed by atoms with Crippen LogP contribution in [0.15, 0.2) is 0 Å². The molecule has 0 unspecified atom stereocenters. The van der Waals surface area contributed by atoms with Gasteiger partial charge in [-0.15, -0.1) is 0 Å². The van der Waals surface area contributed by atoms with Gasteiger partial charge in [0.05, 0.1) is 12.2 Å². The molecule has 2 nitrogen and oxygen atoms in total. The monoisotopic (exact) mass is 556 g/mol. The maximum absolute atomic E-state index is 6.14. The molecule has 4 aliphatic carbocycles. The Labute approximate surface area is 235 Å². The quantitative estimate of drug-likeness (QED) is 0.304. The zero-order chi connectivity index (χ0) is 25.8. The molecule has 0 N–H and O–H groups in total. The summed E-state index contributed by atoms with van der Waals surface area (Å²) in [5.41, 5.74) is 0. The number of hydrogen-bond acceptors (Lipinski definition) is 2. The zero-order valence-corrected chi connectivity index (χ0v) is 25.6. The van der Waals surface area contributed by atoms with E-state index in [-0.39, 0.29) is 0 Å². The van der Waals surface area contributed by atoms with Gasteiger partial charge in [-0.25, -0.2) is 0 Å². The topological polar surface area (TPSA) is 18.5 Å². The van der Waals surface area contributed by atoms with E-state index in [1.54, 1.807) is 0 Å². The van der Waals surface area contributed by atoms with Crippen molar-refractivity contribution in [2.24, 2.45) is 35.5 Å². The van der Waals surface area contributed by atoms with Crippen LogP contribution in [0.2, 0.25) is 0 Å². The third-order valence-electron chi connectivity index (χ3n) is 7.76. The summed E-state index contributed by atoms with van der Waals surface area (Å²) in [6, 6.07) is 0. The van der Waals surface area contributed by atoms with Crippen LogP contribution in [-0.2, 0) is 26.5 Å². The average Bonchev–Trinajstić information content (AvgIpc) is 3.49. The number of halogens is 2. The first-order chi connectivity index (χ1) is 16.7. The van der Waals surface area contributed by atoms with Gasteiger partial charge in [-0.05, 0) is 86.9 Å². The molecule has 0 aromatic rings. The first-order valence-electron chi connectivity index (χ1n) is 13.5. The Morgan fingerprint density at radius 2 is 0.971 bits per heavy atom. The molecule has 0 aromatic carbocycles. The Balaban J connectivity index is 0.000000222.